The number of nitrogens with one attached hydrogen (secondary N) is 1. The maximum Gasteiger partial charge on any atom is 0.251 e. The first-order valence-corrected chi connectivity index (χ1v) is 9.93. The summed E-state index contributed by atoms with van der Waals surface area (Å²) in [5.74, 6) is 0.792. The van der Waals surface area contributed by atoms with Crippen LogP contribution in [0.3, 0.4) is 0 Å². The summed E-state index contributed by atoms with van der Waals surface area (Å²) in [7, 11) is 0. The fourth-order valence-corrected chi connectivity index (χ4v) is 3.48. The summed E-state index contributed by atoms with van der Waals surface area (Å²) in [4.78, 5) is 26.4. The molecule has 0 unspecified atom stereocenters. The van der Waals surface area contributed by atoms with Gasteiger partial charge in [-0.15, -0.1) is 0 Å². The number of piperidine rings is 1. The van der Waals surface area contributed by atoms with Crippen molar-refractivity contribution in [2.45, 2.75) is 25.3 Å². The van der Waals surface area contributed by atoms with Gasteiger partial charge in [-0.05, 0) is 43.2 Å². The van der Waals surface area contributed by atoms with E-state index in [0.29, 0.717) is 31.7 Å². The van der Waals surface area contributed by atoms with Crippen LogP contribution >= 0.6 is 15.9 Å². The van der Waals surface area contributed by atoms with Gasteiger partial charge < -0.3 is 15.0 Å². The molecular formula is C21H23BrN2O3. The van der Waals surface area contributed by atoms with Crippen LogP contribution in [0, 0.1) is 0 Å². The zero-order chi connectivity index (χ0) is 19.1. The number of nitrogens with zero attached hydrogens (tertiary/aromatic N) is 1. The maximum atomic E-state index is 12.4. The van der Waals surface area contributed by atoms with Crippen molar-refractivity contribution in [2.75, 3.05) is 19.7 Å². The van der Waals surface area contributed by atoms with E-state index in [1.807, 2.05) is 47.4 Å². The van der Waals surface area contributed by atoms with Crippen molar-refractivity contribution in [3.8, 4) is 5.75 Å². The maximum absolute atomic E-state index is 12.4. The number of halogens is 1. The molecule has 1 aliphatic rings. The Morgan fingerprint density at radius 3 is 2.52 bits per heavy atom. The van der Waals surface area contributed by atoms with Gasteiger partial charge >= 0.3 is 0 Å². The molecule has 1 fully saturated rings. The Balaban J connectivity index is 1.38. The van der Waals surface area contributed by atoms with Gasteiger partial charge in [-0.3, -0.25) is 9.59 Å². The number of hydrogen-bond acceptors (Lipinski definition) is 3. The second-order valence-corrected chi connectivity index (χ2v) is 7.47. The van der Waals surface area contributed by atoms with Crippen LogP contribution in [0.5, 0.6) is 5.75 Å². The number of hydrogen-bond donors (Lipinski definition) is 1. The molecule has 1 saturated heterocycles. The Morgan fingerprint density at radius 2 is 1.81 bits per heavy atom. The van der Waals surface area contributed by atoms with Crippen molar-refractivity contribution in [1.29, 1.82) is 0 Å². The highest BCUT2D eigenvalue weighted by Gasteiger charge is 2.24. The Bertz CT molecular complexity index is 774. The van der Waals surface area contributed by atoms with Gasteiger partial charge in [-0.2, -0.15) is 0 Å². The van der Waals surface area contributed by atoms with E-state index >= 15 is 0 Å². The fourth-order valence-electron chi connectivity index (χ4n) is 3.10. The zero-order valence-corrected chi connectivity index (χ0v) is 16.7. The molecular weight excluding hydrogens is 408 g/mol. The number of rotatable bonds is 6. The highest BCUT2D eigenvalue weighted by molar-refractivity contribution is 9.10. The van der Waals surface area contributed by atoms with Crippen molar-refractivity contribution in [1.82, 2.24) is 10.2 Å². The van der Waals surface area contributed by atoms with Gasteiger partial charge in [0.15, 0.2) is 0 Å². The van der Waals surface area contributed by atoms with E-state index in [9.17, 15) is 9.59 Å². The molecule has 1 aliphatic heterocycles. The minimum absolute atomic E-state index is 0.0530. The number of ether oxygens (including phenoxy) is 1. The minimum Gasteiger partial charge on any atom is -0.493 e. The van der Waals surface area contributed by atoms with Crippen LogP contribution in [0.25, 0.3) is 0 Å². The minimum atomic E-state index is -0.0530. The smallest absolute Gasteiger partial charge is 0.251 e. The van der Waals surface area contributed by atoms with Gasteiger partial charge in [0.25, 0.3) is 5.91 Å². The molecule has 27 heavy (non-hydrogen) atoms. The summed E-state index contributed by atoms with van der Waals surface area (Å²) >= 11 is 3.40. The molecule has 0 bridgehead atoms. The summed E-state index contributed by atoms with van der Waals surface area (Å²) in [5.41, 5.74) is 0.667. The molecule has 5 nitrogen and oxygen atoms in total. The molecule has 1 heterocycles. The van der Waals surface area contributed by atoms with Gasteiger partial charge in [0.05, 0.1) is 13.0 Å². The Kier molecular flexibility index (Phi) is 6.87. The molecule has 2 aromatic rings. The van der Waals surface area contributed by atoms with Crippen LogP contribution in [0.2, 0.25) is 0 Å². The van der Waals surface area contributed by atoms with Crippen molar-refractivity contribution in [2.24, 2.45) is 0 Å². The van der Waals surface area contributed by atoms with E-state index < -0.39 is 0 Å². The molecule has 0 aromatic heterocycles. The Hall–Kier alpha value is -2.34. The second kappa shape index (κ2) is 9.55. The van der Waals surface area contributed by atoms with Crippen LogP contribution in [0.15, 0.2) is 59.1 Å². The average molecular weight is 431 g/mol. The molecule has 2 aromatic carbocycles. The molecule has 142 valence electrons. The van der Waals surface area contributed by atoms with E-state index in [1.165, 1.54) is 0 Å². The van der Waals surface area contributed by atoms with Crippen LogP contribution in [-0.2, 0) is 4.79 Å². The van der Waals surface area contributed by atoms with Crippen molar-refractivity contribution in [3.05, 3.63) is 64.6 Å². The highest BCUT2D eigenvalue weighted by atomic mass is 79.9. The van der Waals surface area contributed by atoms with Crippen LogP contribution < -0.4 is 10.1 Å². The lowest BCUT2D eigenvalue weighted by molar-refractivity contribution is -0.132. The molecule has 0 aliphatic carbocycles. The summed E-state index contributed by atoms with van der Waals surface area (Å²) in [6, 6.07) is 16.9. The SMILES string of the molecule is O=C(NC1CCN(C(=O)CCOc2cccc(Br)c2)CC1)c1ccccc1. The topological polar surface area (TPSA) is 58.6 Å². The normalized spacial score (nSPS) is 14.6. The van der Waals surface area contributed by atoms with E-state index in [-0.39, 0.29) is 17.9 Å². The lowest BCUT2D eigenvalue weighted by Gasteiger charge is -2.32. The molecule has 6 heteroatoms. The van der Waals surface area contributed by atoms with Gasteiger partial charge in [0.1, 0.15) is 5.75 Å². The largest absolute Gasteiger partial charge is 0.493 e. The summed E-state index contributed by atoms with van der Waals surface area (Å²) < 4.78 is 6.59. The quantitative estimate of drug-likeness (QED) is 0.760. The summed E-state index contributed by atoms with van der Waals surface area (Å²) in [5, 5.41) is 3.06. The third-order valence-corrected chi connectivity index (χ3v) is 5.09. The highest BCUT2D eigenvalue weighted by Crippen LogP contribution is 2.18. The lowest BCUT2D eigenvalue weighted by atomic mass is 10.0. The number of carbonyl (C=O) groups is 2. The number of amides is 2. The first-order chi connectivity index (χ1) is 13.1. The molecule has 0 saturated carbocycles. The number of likely N-dealkylation sites (tertiary alicyclic amines) is 1. The van der Waals surface area contributed by atoms with Crippen LogP contribution in [0.4, 0.5) is 0 Å². The van der Waals surface area contributed by atoms with Crippen molar-refractivity contribution < 1.29 is 14.3 Å². The standard InChI is InChI=1S/C21H23BrN2O3/c22-17-7-4-8-19(15-17)27-14-11-20(25)24-12-9-18(10-13-24)23-21(26)16-5-2-1-3-6-16/h1-8,15,18H,9-14H2,(H,23,26). The molecule has 3 rings (SSSR count). The van der Waals surface area contributed by atoms with Gasteiger partial charge in [-0.25, -0.2) is 0 Å². The van der Waals surface area contributed by atoms with Crippen molar-refractivity contribution in [3.63, 3.8) is 0 Å². The van der Waals surface area contributed by atoms with Crippen molar-refractivity contribution >= 4 is 27.7 Å². The van der Waals surface area contributed by atoms with Gasteiger partial charge in [-0.1, -0.05) is 40.2 Å². The van der Waals surface area contributed by atoms with E-state index in [4.69, 9.17) is 4.74 Å². The summed E-state index contributed by atoms with van der Waals surface area (Å²) in [6.45, 7) is 1.69. The first-order valence-electron chi connectivity index (χ1n) is 9.14. The predicted molar refractivity (Wildman–Crippen MR) is 108 cm³/mol. The Morgan fingerprint density at radius 1 is 1.07 bits per heavy atom. The number of benzene rings is 2. The second-order valence-electron chi connectivity index (χ2n) is 6.55. The summed E-state index contributed by atoms with van der Waals surface area (Å²) in [6.07, 6.45) is 1.90. The molecule has 0 radical (unpaired) electrons. The number of carbonyl (C=O) groups excluding carboxylic acids is 2. The van der Waals surface area contributed by atoms with Crippen LogP contribution in [0.1, 0.15) is 29.6 Å². The average Bonchev–Trinajstić information content (AvgIpc) is 2.69. The van der Waals surface area contributed by atoms with Gasteiger partial charge in [0.2, 0.25) is 5.91 Å². The molecule has 0 spiro atoms. The van der Waals surface area contributed by atoms with Gasteiger partial charge in [0, 0.05) is 29.2 Å². The monoisotopic (exact) mass is 430 g/mol. The molecule has 2 amide bonds. The molecule has 1 N–H and O–H groups in total. The van der Waals surface area contributed by atoms with Crippen LogP contribution in [-0.4, -0.2) is 42.5 Å². The third-order valence-electron chi connectivity index (χ3n) is 4.60. The fraction of sp³-hybridized carbons (Fsp3) is 0.333. The van der Waals surface area contributed by atoms with E-state index in [0.717, 1.165) is 23.1 Å². The lowest BCUT2D eigenvalue weighted by Crippen LogP contribution is -2.46. The van der Waals surface area contributed by atoms with E-state index in [2.05, 4.69) is 21.2 Å². The molecule has 0 atom stereocenters. The Labute approximate surface area is 167 Å². The predicted octanol–water partition coefficient (Wildman–Crippen LogP) is 3.64. The third kappa shape index (κ3) is 5.82. The zero-order valence-electron chi connectivity index (χ0n) is 15.1. The van der Waals surface area contributed by atoms with E-state index in [1.54, 1.807) is 12.1 Å². The first kappa shape index (κ1) is 19.4.